The highest BCUT2D eigenvalue weighted by Crippen LogP contribution is 2.43. The maximum absolute atomic E-state index is 12.6. The first-order valence-electron chi connectivity index (χ1n) is 9.75. The maximum atomic E-state index is 12.6. The summed E-state index contributed by atoms with van der Waals surface area (Å²) in [5.41, 5.74) is 1.72. The molecule has 1 spiro atoms. The molecule has 2 saturated heterocycles. The number of carbonyl (C=O) groups excluding carboxylic acids is 1. The van der Waals surface area contributed by atoms with Crippen LogP contribution in [0, 0.1) is 0 Å². The number of carbonyl (C=O) groups is 1. The third kappa shape index (κ3) is 4.27. The molecule has 144 valence electrons. The molecule has 1 unspecified atom stereocenters. The molecule has 0 radical (unpaired) electrons. The molecule has 5 heteroatoms. The first kappa shape index (κ1) is 19.3. The van der Waals surface area contributed by atoms with Crippen LogP contribution < -0.4 is 0 Å². The van der Waals surface area contributed by atoms with Crippen LogP contribution in [-0.2, 0) is 9.53 Å². The Morgan fingerprint density at radius 1 is 1.27 bits per heavy atom. The molecule has 1 amide bonds. The highest BCUT2D eigenvalue weighted by molar-refractivity contribution is 5.78. The van der Waals surface area contributed by atoms with Crippen molar-refractivity contribution in [1.82, 2.24) is 14.7 Å². The van der Waals surface area contributed by atoms with Crippen molar-refractivity contribution in [2.24, 2.45) is 0 Å². The number of likely N-dealkylation sites (N-methyl/N-ethyl adjacent to an activating group) is 2. The molecule has 0 N–H and O–H groups in total. The Labute approximate surface area is 157 Å². The van der Waals surface area contributed by atoms with Crippen molar-refractivity contribution < 1.29 is 9.53 Å². The van der Waals surface area contributed by atoms with Gasteiger partial charge in [0.05, 0.1) is 13.2 Å². The maximum Gasteiger partial charge on any atom is 0.236 e. The minimum Gasteiger partial charge on any atom is -0.383 e. The molecule has 2 aliphatic rings. The molecule has 26 heavy (non-hydrogen) atoms. The second-order valence-corrected chi connectivity index (χ2v) is 8.03. The second kappa shape index (κ2) is 8.51. The van der Waals surface area contributed by atoms with Gasteiger partial charge in [0, 0.05) is 38.8 Å². The van der Waals surface area contributed by atoms with Crippen molar-refractivity contribution in [3.05, 3.63) is 35.9 Å². The van der Waals surface area contributed by atoms with E-state index in [0.717, 1.165) is 39.0 Å². The van der Waals surface area contributed by atoms with Crippen molar-refractivity contribution in [2.75, 3.05) is 60.5 Å². The van der Waals surface area contributed by atoms with Gasteiger partial charge in [-0.1, -0.05) is 30.3 Å². The lowest BCUT2D eigenvalue weighted by Crippen LogP contribution is -2.53. The van der Waals surface area contributed by atoms with Crippen molar-refractivity contribution in [3.63, 3.8) is 0 Å². The molecular weight excluding hydrogens is 326 g/mol. The Kier molecular flexibility index (Phi) is 6.33. The van der Waals surface area contributed by atoms with Gasteiger partial charge in [0.25, 0.3) is 0 Å². The van der Waals surface area contributed by atoms with E-state index in [0.29, 0.717) is 19.1 Å². The van der Waals surface area contributed by atoms with E-state index in [-0.39, 0.29) is 11.4 Å². The molecule has 2 heterocycles. The number of hydrogen-bond donors (Lipinski definition) is 0. The van der Waals surface area contributed by atoms with E-state index < -0.39 is 0 Å². The zero-order valence-electron chi connectivity index (χ0n) is 16.5. The predicted octanol–water partition coefficient (Wildman–Crippen LogP) is 2.05. The highest BCUT2D eigenvalue weighted by Gasteiger charge is 2.46. The molecule has 5 nitrogen and oxygen atoms in total. The summed E-state index contributed by atoms with van der Waals surface area (Å²) >= 11 is 0. The largest absolute Gasteiger partial charge is 0.383 e. The smallest absolute Gasteiger partial charge is 0.236 e. The number of likely N-dealkylation sites (tertiary alicyclic amines) is 2. The average Bonchev–Trinajstić information content (AvgIpc) is 2.97. The summed E-state index contributed by atoms with van der Waals surface area (Å²) in [5, 5.41) is 0. The molecule has 3 rings (SSSR count). The van der Waals surface area contributed by atoms with Crippen LogP contribution in [-0.4, -0.2) is 86.7 Å². The van der Waals surface area contributed by atoms with E-state index >= 15 is 0 Å². The first-order chi connectivity index (χ1) is 12.5. The van der Waals surface area contributed by atoms with Crippen LogP contribution in [0.5, 0.6) is 0 Å². The predicted molar refractivity (Wildman–Crippen MR) is 104 cm³/mol. The lowest BCUT2D eigenvalue weighted by Gasteiger charge is -2.44. The minimum absolute atomic E-state index is 0.249. The Morgan fingerprint density at radius 2 is 1.96 bits per heavy atom. The zero-order valence-corrected chi connectivity index (χ0v) is 16.5. The van der Waals surface area contributed by atoms with Gasteiger partial charge in [-0.3, -0.25) is 14.6 Å². The van der Waals surface area contributed by atoms with Gasteiger partial charge in [0.2, 0.25) is 5.91 Å². The van der Waals surface area contributed by atoms with Gasteiger partial charge < -0.3 is 9.64 Å². The fraction of sp³-hybridized carbons (Fsp3) is 0.667. The standard InChI is InChI=1S/C21H33N3O2/c1-22(13-14-26-3)17-20(25)24-11-9-21(10-12-24)15-19(16-23(21)2)18-7-5-4-6-8-18/h4-8,19H,9-17H2,1-3H3. The number of nitrogens with zero attached hydrogens (tertiary/aromatic N) is 3. The van der Waals surface area contributed by atoms with Gasteiger partial charge >= 0.3 is 0 Å². The van der Waals surface area contributed by atoms with Gasteiger partial charge in [0.1, 0.15) is 0 Å². The quantitative estimate of drug-likeness (QED) is 0.779. The zero-order chi connectivity index (χ0) is 18.6. The number of methoxy groups -OCH3 is 1. The number of ether oxygens (including phenoxy) is 1. The second-order valence-electron chi connectivity index (χ2n) is 8.03. The van der Waals surface area contributed by atoms with E-state index in [9.17, 15) is 4.79 Å². The van der Waals surface area contributed by atoms with Crippen LogP contribution >= 0.6 is 0 Å². The van der Waals surface area contributed by atoms with Gasteiger partial charge in [-0.05, 0) is 44.8 Å². The first-order valence-corrected chi connectivity index (χ1v) is 9.75. The van der Waals surface area contributed by atoms with Gasteiger partial charge in [-0.25, -0.2) is 0 Å². The molecule has 0 bridgehead atoms. The molecule has 0 aliphatic carbocycles. The van der Waals surface area contributed by atoms with E-state index in [1.807, 2.05) is 11.9 Å². The van der Waals surface area contributed by atoms with E-state index in [4.69, 9.17) is 4.74 Å². The minimum atomic E-state index is 0.249. The van der Waals surface area contributed by atoms with E-state index in [1.54, 1.807) is 7.11 Å². The van der Waals surface area contributed by atoms with Crippen LogP contribution in [0.1, 0.15) is 30.7 Å². The Hall–Kier alpha value is -1.43. The lowest BCUT2D eigenvalue weighted by molar-refractivity contribution is -0.134. The van der Waals surface area contributed by atoms with Crippen LogP contribution in [0.25, 0.3) is 0 Å². The summed E-state index contributed by atoms with van der Waals surface area (Å²) in [4.78, 5) is 19.2. The molecule has 1 aromatic carbocycles. The number of amides is 1. The van der Waals surface area contributed by atoms with Crippen molar-refractivity contribution in [3.8, 4) is 0 Å². The average molecular weight is 360 g/mol. The number of rotatable bonds is 6. The monoisotopic (exact) mass is 359 g/mol. The molecular formula is C21H33N3O2. The molecule has 2 aliphatic heterocycles. The molecule has 0 aromatic heterocycles. The van der Waals surface area contributed by atoms with E-state index in [1.165, 1.54) is 12.0 Å². The molecule has 1 atom stereocenters. The van der Waals surface area contributed by atoms with E-state index in [2.05, 4.69) is 47.2 Å². The normalized spacial score (nSPS) is 23.1. The number of piperidine rings is 1. The number of benzene rings is 1. The summed E-state index contributed by atoms with van der Waals surface area (Å²) in [5.74, 6) is 0.863. The summed E-state index contributed by atoms with van der Waals surface area (Å²) in [6.45, 7) is 4.82. The van der Waals surface area contributed by atoms with Gasteiger partial charge in [-0.15, -0.1) is 0 Å². The third-order valence-electron chi connectivity index (χ3n) is 6.33. The molecule has 0 saturated carbocycles. The lowest BCUT2D eigenvalue weighted by atomic mass is 9.81. The third-order valence-corrected chi connectivity index (χ3v) is 6.33. The van der Waals surface area contributed by atoms with Crippen molar-refractivity contribution in [2.45, 2.75) is 30.7 Å². The van der Waals surface area contributed by atoms with Crippen molar-refractivity contribution in [1.29, 1.82) is 0 Å². The summed E-state index contributed by atoms with van der Waals surface area (Å²) in [6, 6.07) is 10.9. The van der Waals surface area contributed by atoms with Gasteiger partial charge in [-0.2, -0.15) is 0 Å². The van der Waals surface area contributed by atoms with Crippen LogP contribution in [0.15, 0.2) is 30.3 Å². The summed E-state index contributed by atoms with van der Waals surface area (Å²) in [7, 11) is 5.94. The van der Waals surface area contributed by atoms with Gasteiger partial charge in [0.15, 0.2) is 0 Å². The Morgan fingerprint density at radius 3 is 2.62 bits per heavy atom. The Bertz CT molecular complexity index is 584. The summed E-state index contributed by atoms with van der Waals surface area (Å²) in [6.07, 6.45) is 3.38. The molecule has 1 aromatic rings. The van der Waals surface area contributed by atoms with Crippen LogP contribution in [0.3, 0.4) is 0 Å². The number of hydrogen-bond acceptors (Lipinski definition) is 4. The van der Waals surface area contributed by atoms with Crippen LogP contribution in [0.2, 0.25) is 0 Å². The molecule has 2 fully saturated rings. The van der Waals surface area contributed by atoms with Crippen LogP contribution in [0.4, 0.5) is 0 Å². The topological polar surface area (TPSA) is 36.0 Å². The highest BCUT2D eigenvalue weighted by atomic mass is 16.5. The van der Waals surface area contributed by atoms with Crippen molar-refractivity contribution >= 4 is 5.91 Å². The summed E-state index contributed by atoms with van der Waals surface area (Å²) < 4.78 is 5.09. The SMILES string of the molecule is COCCN(C)CC(=O)N1CCC2(CC1)CC(c1ccccc1)CN2C. The fourth-order valence-electron chi connectivity index (χ4n) is 4.57. The fourth-order valence-corrected chi connectivity index (χ4v) is 4.57. The Balaban J connectivity index is 1.53.